The molecule has 0 saturated carbocycles. The molecule has 0 aromatic carbocycles. The van der Waals surface area contributed by atoms with Crippen molar-refractivity contribution in [2.24, 2.45) is 0 Å². The van der Waals surface area contributed by atoms with Crippen molar-refractivity contribution in [1.82, 2.24) is 5.32 Å². The van der Waals surface area contributed by atoms with E-state index in [2.05, 4.69) is 10.1 Å². The van der Waals surface area contributed by atoms with Crippen LogP contribution in [0.15, 0.2) is 0 Å². The summed E-state index contributed by atoms with van der Waals surface area (Å²) in [5.74, 6) is -0.944. The molecule has 0 unspecified atom stereocenters. The molecule has 0 aliphatic rings. The molecule has 0 spiro atoms. The van der Waals surface area contributed by atoms with Crippen molar-refractivity contribution >= 4 is 46.7 Å². The van der Waals surface area contributed by atoms with Gasteiger partial charge >= 0.3 is 5.97 Å². The summed E-state index contributed by atoms with van der Waals surface area (Å²) in [6.07, 6.45) is -0.188. The summed E-state index contributed by atoms with van der Waals surface area (Å²) in [5, 5.41) is 2.35. The molecule has 0 rings (SSSR count). The fourth-order valence-electron chi connectivity index (χ4n) is 0.744. The van der Waals surface area contributed by atoms with Gasteiger partial charge in [-0.25, -0.2) is 0 Å². The summed E-state index contributed by atoms with van der Waals surface area (Å²) < 4.78 is 2.66. The monoisotopic (exact) mass is 261 g/mol. The topological polar surface area (TPSA) is 55.4 Å². The van der Waals surface area contributed by atoms with Crippen molar-refractivity contribution in [1.29, 1.82) is 0 Å². The molecule has 0 aromatic rings. The number of carbonyl (C=O) groups excluding carboxylic acids is 2. The number of nitrogens with one attached hydrogen (secondary N) is 1. The minimum atomic E-state index is -1.74. The van der Waals surface area contributed by atoms with Gasteiger partial charge in [0.15, 0.2) is 0 Å². The molecular weight excluding hydrogens is 252 g/mol. The molecule has 0 bridgehead atoms. The van der Waals surface area contributed by atoms with Crippen LogP contribution in [0.5, 0.6) is 0 Å². The highest BCUT2D eigenvalue weighted by atomic mass is 35.6. The van der Waals surface area contributed by atoms with E-state index in [9.17, 15) is 9.59 Å². The first-order chi connectivity index (χ1) is 6.27. The van der Waals surface area contributed by atoms with Gasteiger partial charge in [0.2, 0.25) is 9.70 Å². The average Bonchev–Trinajstić information content (AvgIpc) is 2.00. The molecule has 0 saturated heterocycles. The Morgan fingerprint density at radius 2 is 1.93 bits per heavy atom. The van der Waals surface area contributed by atoms with Crippen LogP contribution in [0, 0.1) is 0 Å². The summed E-state index contributed by atoms with van der Waals surface area (Å²) in [6.45, 7) is 1.26. The Balaban J connectivity index is 4.41. The first-order valence-electron chi connectivity index (χ1n) is 3.68. The zero-order valence-electron chi connectivity index (χ0n) is 7.64. The molecular formula is C7H10Cl3NO3. The zero-order chi connectivity index (χ0) is 11.4. The average molecular weight is 263 g/mol. The number of alkyl halides is 3. The van der Waals surface area contributed by atoms with Gasteiger partial charge in [-0.2, -0.15) is 0 Å². The van der Waals surface area contributed by atoms with Crippen molar-refractivity contribution in [3.05, 3.63) is 0 Å². The molecule has 1 atom stereocenters. The van der Waals surface area contributed by atoms with Crippen LogP contribution >= 0.6 is 34.8 Å². The van der Waals surface area contributed by atoms with Crippen molar-refractivity contribution in [3.63, 3.8) is 0 Å². The standard InChI is InChI=1S/C7H10Cl3NO3/c1-4(12)11-5(7(8,9)10)3-6(13)14-2/h5H,3H2,1-2H3,(H,11,12)/t5-/m1/s1. The predicted octanol–water partition coefficient (Wildman–Crippen LogP) is 1.42. The first kappa shape index (κ1) is 13.8. The van der Waals surface area contributed by atoms with Crippen LogP contribution < -0.4 is 5.32 Å². The summed E-state index contributed by atoms with van der Waals surface area (Å²) in [6, 6.07) is -0.891. The lowest BCUT2D eigenvalue weighted by molar-refractivity contribution is -0.141. The number of amides is 1. The minimum Gasteiger partial charge on any atom is -0.469 e. The number of ether oxygens (including phenoxy) is 1. The number of rotatable bonds is 3. The van der Waals surface area contributed by atoms with Crippen LogP contribution in [0.3, 0.4) is 0 Å². The van der Waals surface area contributed by atoms with Crippen LogP contribution in [-0.4, -0.2) is 28.8 Å². The Morgan fingerprint density at radius 3 is 2.21 bits per heavy atom. The number of carbonyl (C=O) groups is 2. The maximum atomic E-state index is 10.9. The molecule has 0 aromatic heterocycles. The molecule has 1 amide bonds. The van der Waals surface area contributed by atoms with E-state index in [1.54, 1.807) is 0 Å². The maximum absolute atomic E-state index is 10.9. The third-order valence-electron chi connectivity index (χ3n) is 1.37. The van der Waals surface area contributed by atoms with E-state index >= 15 is 0 Å². The third-order valence-corrected chi connectivity index (χ3v) is 2.16. The van der Waals surface area contributed by atoms with E-state index in [0.29, 0.717) is 0 Å². The van der Waals surface area contributed by atoms with E-state index < -0.39 is 15.8 Å². The van der Waals surface area contributed by atoms with E-state index in [0.717, 1.165) is 0 Å². The van der Waals surface area contributed by atoms with Gasteiger partial charge in [0.25, 0.3) is 0 Å². The van der Waals surface area contributed by atoms with Crippen molar-refractivity contribution in [3.8, 4) is 0 Å². The molecule has 0 aliphatic heterocycles. The Hall–Kier alpha value is -0.190. The molecule has 0 fully saturated rings. The highest BCUT2D eigenvalue weighted by molar-refractivity contribution is 6.68. The largest absolute Gasteiger partial charge is 0.469 e. The van der Waals surface area contributed by atoms with E-state index in [1.165, 1.54) is 14.0 Å². The second-order valence-electron chi connectivity index (χ2n) is 2.57. The van der Waals surface area contributed by atoms with Crippen molar-refractivity contribution in [2.45, 2.75) is 23.2 Å². The quantitative estimate of drug-likeness (QED) is 0.618. The maximum Gasteiger partial charge on any atom is 0.307 e. The normalized spacial score (nSPS) is 13.2. The summed E-state index contributed by atoms with van der Waals surface area (Å²) >= 11 is 16.7. The number of hydrogen-bond acceptors (Lipinski definition) is 3. The highest BCUT2D eigenvalue weighted by Gasteiger charge is 2.35. The van der Waals surface area contributed by atoms with Crippen LogP contribution in [0.1, 0.15) is 13.3 Å². The smallest absolute Gasteiger partial charge is 0.307 e. The Kier molecular flexibility index (Phi) is 5.56. The zero-order valence-corrected chi connectivity index (χ0v) is 9.91. The predicted molar refractivity (Wildman–Crippen MR) is 54.5 cm³/mol. The molecule has 7 heteroatoms. The van der Waals surface area contributed by atoms with Gasteiger partial charge in [-0.05, 0) is 0 Å². The Labute approximate surface area is 96.8 Å². The van der Waals surface area contributed by atoms with Crippen LogP contribution in [0.2, 0.25) is 0 Å². The number of hydrogen-bond donors (Lipinski definition) is 1. The Bertz CT molecular complexity index is 227. The molecule has 4 nitrogen and oxygen atoms in total. The molecule has 0 aliphatic carbocycles. The molecule has 0 heterocycles. The van der Waals surface area contributed by atoms with E-state index in [-0.39, 0.29) is 12.3 Å². The highest BCUT2D eigenvalue weighted by Crippen LogP contribution is 2.32. The lowest BCUT2D eigenvalue weighted by atomic mass is 10.2. The Morgan fingerprint density at radius 1 is 1.43 bits per heavy atom. The van der Waals surface area contributed by atoms with Gasteiger partial charge < -0.3 is 10.1 Å². The van der Waals surface area contributed by atoms with Gasteiger partial charge in [-0.15, -0.1) is 0 Å². The lowest BCUT2D eigenvalue weighted by Crippen LogP contribution is -2.44. The first-order valence-corrected chi connectivity index (χ1v) is 4.81. The third kappa shape index (κ3) is 5.52. The summed E-state index contributed by atoms with van der Waals surface area (Å²) in [7, 11) is 1.21. The van der Waals surface area contributed by atoms with Crippen LogP contribution in [0.4, 0.5) is 0 Å². The van der Waals surface area contributed by atoms with Crippen molar-refractivity contribution < 1.29 is 14.3 Å². The van der Waals surface area contributed by atoms with Gasteiger partial charge in [-0.3, -0.25) is 9.59 Å². The number of esters is 1. The van der Waals surface area contributed by atoms with Gasteiger partial charge in [-0.1, -0.05) is 34.8 Å². The SMILES string of the molecule is COC(=O)C[C@@H](NC(C)=O)C(Cl)(Cl)Cl. The van der Waals surface area contributed by atoms with Gasteiger partial charge in [0.1, 0.15) is 0 Å². The van der Waals surface area contributed by atoms with E-state index in [1.807, 2.05) is 0 Å². The number of methoxy groups -OCH3 is 1. The molecule has 82 valence electrons. The second kappa shape index (κ2) is 5.63. The molecule has 1 N–H and O–H groups in total. The summed E-state index contributed by atoms with van der Waals surface area (Å²) in [4.78, 5) is 21.6. The number of halogens is 3. The fraction of sp³-hybridized carbons (Fsp3) is 0.714. The molecule has 14 heavy (non-hydrogen) atoms. The molecule has 0 radical (unpaired) electrons. The van der Waals surface area contributed by atoms with Gasteiger partial charge in [0, 0.05) is 6.92 Å². The minimum absolute atomic E-state index is 0.188. The fourth-order valence-corrected chi connectivity index (χ4v) is 1.14. The van der Waals surface area contributed by atoms with E-state index in [4.69, 9.17) is 34.8 Å². The second-order valence-corrected chi connectivity index (χ2v) is 4.94. The van der Waals surface area contributed by atoms with Crippen LogP contribution in [-0.2, 0) is 14.3 Å². The van der Waals surface area contributed by atoms with Gasteiger partial charge in [0.05, 0.1) is 19.6 Å². The van der Waals surface area contributed by atoms with Crippen LogP contribution in [0.25, 0.3) is 0 Å². The van der Waals surface area contributed by atoms with Crippen molar-refractivity contribution in [2.75, 3.05) is 7.11 Å². The summed E-state index contributed by atoms with van der Waals surface area (Å²) in [5.41, 5.74) is 0. The lowest BCUT2D eigenvalue weighted by Gasteiger charge is -2.23.